The van der Waals surface area contributed by atoms with Gasteiger partial charge in [0.2, 0.25) is 0 Å². The topological polar surface area (TPSA) is 54.4 Å². The third-order valence-electron chi connectivity index (χ3n) is 4.73. The molecule has 3 nitrogen and oxygen atoms in total. The van der Waals surface area contributed by atoms with Crippen molar-refractivity contribution in [3.63, 3.8) is 0 Å². The summed E-state index contributed by atoms with van der Waals surface area (Å²) in [6.07, 6.45) is 6.12. The van der Waals surface area contributed by atoms with Crippen molar-refractivity contribution >= 4 is 20.9 Å². The smallest absolute Gasteiger partial charge is 0.282 e. The van der Waals surface area contributed by atoms with Crippen molar-refractivity contribution in [2.45, 2.75) is 58.8 Å². The van der Waals surface area contributed by atoms with E-state index in [4.69, 9.17) is 0 Å². The Morgan fingerprint density at radius 1 is 1.12 bits per heavy atom. The molecule has 4 heteroatoms. The molecule has 136 valence electrons. The van der Waals surface area contributed by atoms with Crippen molar-refractivity contribution in [2.75, 3.05) is 0 Å². The summed E-state index contributed by atoms with van der Waals surface area (Å²) in [5.74, 6) is 0.391. The molecular weight excluding hydrogens is 332 g/mol. The minimum Gasteiger partial charge on any atom is -0.282 e. The van der Waals surface area contributed by atoms with Crippen molar-refractivity contribution in [1.29, 1.82) is 0 Å². The molecule has 0 spiro atoms. The Bertz CT molecular complexity index is 907. The van der Waals surface area contributed by atoms with E-state index < -0.39 is 10.1 Å². The van der Waals surface area contributed by atoms with E-state index in [0.717, 1.165) is 45.9 Å². The van der Waals surface area contributed by atoms with Gasteiger partial charge in [-0.15, -0.1) is 0 Å². The summed E-state index contributed by atoms with van der Waals surface area (Å²) in [6.45, 7) is 10.2. The van der Waals surface area contributed by atoms with Crippen LogP contribution in [0.2, 0.25) is 0 Å². The highest BCUT2D eigenvalue weighted by Gasteiger charge is 2.22. The summed E-state index contributed by atoms with van der Waals surface area (Å²) in [6, 6.07) is 5.83. The lowest BCUT2D eigenvalue weighted by Crippen LogP contribution is -2.10. The number of benzene rings is 2. The predicted octanol–water partition coefficient (Wildman–Crippen LogP) is 5.41. The number of allylic oxidation sites excluding steroid dienone is 2. The number of fused-ring (bicyclic) bond motifs is 1. The fourth-order valence-corrected chi connectivity index (χ4v) is 4.16. The molecule has 0 aromatic heterocycles. The van der Waals surface area contributed by atoms with Crippen molar-refractivity contribution < 1.29 is 13.0 Å². The summed E-state index contributed by atoms with van der Waals surface area (Å²) in [5.41, 5.74) is 3.98. The minimum atomic E-state index is -4.27. The minimum absolute atomic E-state index is 0.0638. The number of aryl methyl sites for hydroxylation is 2. The first-order valence-electron chi connectivity index (χ1n) is 8.80. The van der Waals surface area contributed by atoms with Crippen molar-refractivity contribution in [2.24, 2.45) is 5.92 Å². The van der Waals surface area contributed by atoms with Gasteiger partial charge >= 0.3 is 0 Å². The molecule has 0 aliphatic carbocycles. The third kappa shape index (κ3) is 4.31. The lowest BCUT2D eigenvalue weighted by Gasteiger charge is -2.19. The molecule has 0 amide bonds. The van der Waals surface area contributed by atoms with Crippen LogP contribution in [0.5, 0.6) is 0 Å². The van der Waals surface area contributed by atoms with Gasteiger partial charge in [0, 0.05) is 0 Å². The lowest BCUT2D eigenvalue weighted by molar-refractivity contribution is 0.481. The molecule has 0 radical (unpaired) electrons. The average molecular weight is 361 g/mol. The van der Waals surface area contributed by atoms with Gasteiger partial charge in [-0.2, -0.15) is 8.42 Å². The standard InChI is InChI=1S/C21H28O3S/c1-6-7-8-9-18-20(12-14(2)3)17-11-10-15(4)16(5)19(17)13-21(18)25(22,23)24/h6-7,10-11,13-14H,8-9,12H2,1-5H3,(H,22,23,24). The van der Waals surface area contributed by atoms with Gasteiger partial charge in [0.1, 0.15) is 0 Å². The molecule has 2 aromatic rings. The second kappa shape index (κ2) is 7.71. The predicted molar refractivity (Wildman–Crippen MR) is 105 cm³/mol. The van der Waals surface area contributed by atoms with Gasteiger partial charge in [-0.25, -0.2) is 0 Å². The van der Waals surface area contributed by atoms with E-state index in [9.17, 15) is 13.0 Å². The molecule has 2 rings (SSSR count). The van der Waals surface area contributed by atoms with E-state index in [1.54, 1.807) is 6.07 Å². The highest BCUT2D eigenvalue weighted by atomic mass is 32.2. The normalized spacial score (nSPS) is 12.6. The van der Waals surface area contributed by atoms with E-state index in [2.05, 4.69) is 26.0 Å². The Hall–Kier alpha value is -1.65. The summed E-state index contributed by atoms with van der Waals surface area (Å²) in [5, 5.41) is 2.01. The van der Waals surface area contributed by atoms with E-state index >= 15 is 0 Å². The molecule has 0 aliphatic rings. The SMILES string of the molecule is CC=CCCc1c(S(=O)(=O)O)cc2c(C)c(C)ccc2c1CC(C)C. The van der Waals surface area contributed by atoms with Crippen LogP contribution in [0, 0.1) is 19.8 Å². The van der Waals surface area contributed by atoms with Gasteiger partial charge < -0.3 is 0 Å². The largest absolute Gasteiger partial charge is 0.294 e. The van der Waals surface area contributed by atoms with Crippen molar-refractivity contribution in [3.05, 3.63) is 52.6 Å². The Morgan fingerprint density at radius 2 is 1.80 bits per heavy atom. The highest BCUT2D eigenvalue weighted by molar-refractivity contribution is 7.85. The molecule has 0 unspecified atom stereocenters. The van der Waals surface area contributed by atoms with Crippen LogP contribution in [0.3, 0.4) is 0 Å². The summed E-state index contributed by atoms with van der Waals surface area (Å²) in [4.78, 5) is 0.0638. The molecule has 1 N–H and O–H groups in total. The Balaban J connectivity index is 2.89. The van der Waals surface area contributed by atoms with Crippen LogP contribution in [-0.4, -0.2) is 13.0 Å². The summed E-state index contributed by atoms with van der Waals surface area (Å²) < 4.78 is 34.1. The first kappa shape index (κ1) is 19.7. The molecule has 2 aromatic carbocycles. The van der Waals surface area contributed by atoms with Crippen LogP contribution in [-0.2, 0) is 23.0 Å². The molecule has 25 heavy (non-hydrogen) atoms. The maximum Gasteiger partial charge on any atom is 0.294 e. The van der Waals surface area contributed by atoms with Crippen LogP contribution >= 0.6 is 0 Å². The van der Waals surface area contributed by atoms with Crippen LogP contribution in [0.25, 0.3) is 10.8 Å². The van der Waals surface area contributed by atoms with Gasteiger partial charge in [0.15, 0.2) is 0 Å². The summed E-state index contributed by atoms with van der Waals surface area (Å²) in [7, 11) is -4.27. The summed E-state index contributed by atoms with van der Waals surface area (Å²) >= 11 is 0. The fraction of sp³-hybridized carbons (Fsp3) is 0.429. The van der Waals surface area contributed by atoms with Gasteiger partial charge in [0.25, 0.3) is 10.1 Å². The monoisotopic (exact) mass is 360 g/mol. The average Bonchev–Trinajstić information content (AvgIpc) is 2.51. The molecule has 0 atom stereocenters. The third-order valence-corrected chi connectivity index (χ3v) is 5.65. The van der Waals surface area contributed by atoms with Crippen LogP contribution in [0.4, 0.5) is 0 Å². The van der Waals surface area contributed by atoms with Gasteiger partial charge in [-0.05, 0) is 85.0 Å². The Kier molecular flexibility index (Phi) is 6.07. The molecule has 0 saturated heterocycles. The lowest BCUT2D eigenvalue weighted by atomic mass is 9.88. The zero-order valence-electron chi connectivity index (χ0n) is 15.8. The molecule has 0 aliphatic heterocycles. The van der Waals surface area contributed by atoms with Crippen molar-refractivity contribution in [3.8, 4) is 0 Å². The van der Waals surface area contributed by atoms with Gasteiger partial charge in [-0.1, -0.05) is 38.1 Å². The maximum atomic E-state index is 12.1. The van der Waals surface area contributed by atoms with E-state index in [0.29, 0.717) is 12.3 Å². The zero-order valence-corrected chi connectivity index (χ0v) is 16.6. The second-order valence-electron chi connectivity index (χ2n) is 7.12. The Morgan fingerprint density at radius 3 is 2.36 bits per heavy atom. The number of hydrogen-bond donors (Lipinski definition) is 1. The fourth-order valence-electron chi connectivity index (χ4n) is 3.36. The maximum absolute atomic E-state index is 12.1. The van der Waals surface area contributed by atoms with E-state index in [-0.39, 0.29) is 4.90 Å². The molecule has 0 bridgehead atoms. The molecule has 0 heterocycles. The van der Waals surface area contributed by atoms with E-state index in [1.807, 2.05) is 32.9 Å². The Labute approximate surface area is 151 Å². The van der Waals surface area contributed by atoms with E-state index in [1.165, 1.54) is 0 Å². The first-order valence-corrected chi connectivity index (χ1v) is 10.2. The zero-order chi connectivity index (χ0) is 18.8. The second-order valence-corrected chi connectivity index (χ2v) is 8.51. The molecule has 0 saturated carbocycles. The number of hydrogen-bond acceptors (Lipinski definition) is 2. The first-order chi connectivity index (χ1) is 11.7. The van der Waals surface area contributed by atoms with Crippen molar-refractivity contribution in [1.82, 2.24) is 0 Å². The quantitative estimate of drug-likeness (QED) is 0.553. The number of rotatable bonds is 6. The van der Waals surface area contributed by atoms with Crippen LogP contribution < -0.4 is 0 Å². The van der Waals surface area contributed by atoms with Gasteiger partial charge in [0.05, 0.1) is 4.90 Å². The van der Waals surface area contributed by atoms with Crippen LogP contribution in [0.1, 0.15) is 49.4 Å². The van der Waals surface area contributed by atoms with Crippen LogP contribution in [0.15, 0.2) is 35.2 Å². The molecule has 0 fully saturated rings. The highest BCUT2D eigenvalue weighted by Crippen LogP contribution is 2.34. The van der Waals surface area contributed by atoms with Gasteiger partial charge in [-0.3, -0.25) is 4.55 Å². The molecular formula is C21H28O3S.